The number of aromatic nitrogens is 2. The highest BCUT2D eigenvalue weighted by Crippen LogP contribution is 2.35. The molecule has 1 heterocycles. The van der Waals surface area contributed by atoms with Crippen LogP contribution in [0.1, 0.15) is 6.92 Å². The van der Waals surface area contributed by atoms with Crippen LogP contribution in [0.3, 0.4) is 0 Å². The number of hydrogen-bond acceptors (Lipinski definition) is 7. The summed E-state index contributed by atoms with van der Waals surface area (Å²) >= 11 is 5.87. The van der Waals surface area contributed by atoms with Gasteiger partial charge in [-0.25, -0.2) is 9.97 Å². The summed E-state index contributed by atoms with van der Waals surface area (Å²) in [5.74, 6) is 0.687. The molecule has 0 aliphatic carbocycles. The van der Waals surface area contributed by atoms with Crippen molar-refractivity contribution < 1.29 is 9.66 Å². The molecule has 138 valence electrons. The summed E-state index contributed by atoms with van der Waals surface area (Å²) in [5.41, 5.74) is 0.902. The summed E-state index contributed by atoms with van der Waals surface area (Å²) in [6, 6.07) is 13.9. The van der Waals surface area contributed by atoms with Gasteiger partial charge in [0.15, 0.2) is 0 Å². The molecule has 9 heteroatoms. The fraction of sp³-hybridized carbons (Fsp3) is 0.111. The van der Waals surface area contributed by atoms with Crippen LogP contribution < -0.4 is 15.4 Å². The van der Waals surface area contributed by atoms with Crippen LogP contribution in [0.2, 0.25) is 5.02 Å². The van der Waals surface area contributed by atoms with Gasteiger partial charge in [-0.3, -0.25) is 10.1 Å². The van der Waals surface area contributed by atoms with Gasteiger partial charge in [-0.2, -0.15) is 0 Å². The van der Waals surface area contributed by atoms with Crippen LogP contribution in [0.25, 0.3) is 0 Å². The van der Waals surface area contributed by atoms with Gasteiger partial charge in [0.2, 0.25) is 11.6 Å². The van der Waals surface area contributed by atoms with Crippen molar-refractivity contribution in [3.05, 3.63) is 70.0 Å². The second kappa shape index (κ2) is 8.33. The van der Waals surface area contributed by atoms with Crippen LogP contribution in [0.5, 0.6) is 5.75 Å². The molecular formula is C18H16ClN5O3. The van der Waals surface area contributed by atoms with E-state index in [1.165, 1.54) is 6.33 Å². The Morgan fingerprint density at radius 2 is 1.74 bits per heavy atom. The van der Waals surface area contributed by atoms with Crippen LogP contribution in [0, 0.1) is 10.1 Å². The topological polar surface area (TPSA) is 102 Å². The zero-order valence-corrected chi connectivity index (χ0v) is 15.1. The minimum absolute atomic E-state index is 0.0543. The van der Waals surface area contributed by atoms with Crippen LogP contribution in [-0.4, -0.2) is 21.5 Å². The lowest BCUT2D eigenvalue weighted by atomic mass is 10.2. The molecule has 1 aromatic heterocycles. The maximum atomic E-state index is 11.7. The Bertz CT molecular complexity index is 950. The predicted molar refractivity (Wildman–Crippen MR) is 104 cm³/mol. The van der Waals surface area contributed by atoms with Gasteiger partial charge in [0, 0.05) is 10.7 Å². The normalized spacial score (nSPS) is 10.3. The highest BCUT2D eigenvalue weighted by molar-refractivity contribution is 6.30. The number of ether oxygens (including phenoxy) is 1. The van der Waals surface area contributed by atoms with E-state index in [2.05, 4.69) is 20.6 Å². The van der Waals surface area contributed by atoms with E-state index in [0.29, 0.717) is 28.8 Å². The van der Waals surface area contributed by atoms with E-state index < -0.39 is 4.92 Å². The number of hydrogen-bond donors (Lipinski definition) is 2. The van der Waals surface area contributed by atoms with Gasteiger partial charge in [0.1, 0.15) is 12.1 Å². The Kier molecular flexibility index (Phi) is 5.68. The Labute approximate surface area is 160 Å². The van der Waals surface area contributed by atoms with Crippen LogP contribution >= 0.6 is 11.6 Å². The SMILES string of the molecule is CCOc1ccccc1Nc1ncnc(Nc2ccc(Cl)cc2)c1[N+](=O)[O-]. The second-order valence-electron chi connectivity index (χ2n) is 5.36. The number of nitro groups is 1. The lowest BCUT2D eigenvalue weighted by Gasteiger charge is -2.13. The van der Waals surface area contributed by atoms with Gasteiger partial charge < -0.3 is 15.4 Å². The largest absolute Gasteiger partial charge is 0.492 e. The van der Waals surface area contributed by atoms with E-state index in [4.69, 9.17) is 16.3 Å². The molecule has 0 atom stereocenters. The van der Waals surface area contributed by atoms with Gasteiger partial charge in [0.25, 0.3) is 0 Å². The summed E-state index contributed by atoms with van der Waals surface area (Å²) in [7, 11) is 0. The quantitative estimate of drug-likeness (QED) is 0.439. The molecule has 3 rings (SSSR count). The first kappa shape index (κ1) is 18.4. The Hall–Kier alpha value is -3.39. The molecular weight excluding hydrogens is 370 g/mol. The number of benzene rings is 2. The fourth-order valence-electron chi connectivity index (χ4n) is 2.38. The maximum absolute atomic E-state index is 11.7. The van der Waals surface area contributed by atoms with Crippen molar-refractivity contribution in [3.63, 3.8) is 0 Å². The Morgan fingerprint density at radius 1 is 1.07 bits per heavy atom. The first-order valence-corrected chi connectivity index (χ1v) is 8.47. The summed E-state index contributed by atoms with van der Waals surface area (Å²) in [6.45, 7) is 2.33. The zero-order valence-electron chi connectivity index (χ0n) is 14.3. The van der Waals surface area contributed by atoms with Crippen LogP contribution in [0.4, 0.5) is 28.7 Å². The molecule has 27 heavy (non-hydrogen) atoms. The van der Waals surface area contributed by atoms with Crippen molar-refractivity contribution in [1.29, 1.82) is 0 Å². The molecule has 0 saturated carbocycles. The summed E-state index contributed by atoms with van der Waals surface area (Å²) < 4.78 is 5.54. The van der Waals surface area contributed by atoms with E-state index in [1.54, 1.807) is 42.5 Å². The van der Waals surface area contributed by atoms with Gasteiger partial charge >= 0.3 is 5.69 Å². The average molecular weight is 386 g/mol. The maximum Gasteiger partial charge on any atom is 0.353 e. The van der Waals surface area contributed by atoms with Crippen LogP contribution in [0.15, 0.2) is 54.9 Å². The average Bonchev–Trinajstić information content (AvgIpc) is 2.65. The summed E-state index contributed by atoms with van der Waals surface area (Å²) in [4.78, 5) is 19.2. The molecule has 8 nitrogen and oxygen atoms in total. The molecule has 0 amide bonds. The van der Waals surface area contributed by atoms with Crippen LogP contribution in [-0.2, 0) is 0 Å². The third-order valence-electron chi connectivity index (χ3n) is 3.55. The number of anilines is 4. The smallest absolute Gasteiger partial charge is 0.353 e. The number of nitrogens with one attached hydrogen (secondary N) is 2. The fourth-order valence-corrected chi connectivity index (χ4v) is 2.51. The number of halogens is 1. The van der Waals surface area contributed by atoms with Crippen molar-refractivity contribution in [1.82, 2.24) is 9.97 Å². The summed E-state index contributed by atoms with van der Waals surface area (Å²) in [5, 5.41) is 18.1. The standard InChI is InChI=1S/C18H16ClN5O3/c1-2-27-15-6-4-3-5-14(15)23-18-16(24(25)26)17(20-11-21-18)22-13-9-7-12(19)8-10-13/h3-11H,2H2,1H3,(H2,20,21,22,23). The van der Waals surface area contributed by atoms with Crippen molar-refractivity contribution in [2.24, 2.45) is 0 Å². The van der Waals surface area contributed by atoms with Gasteiger partial charge in [-0.1, -0.05) is 23.7 Å². The molecule has 2 aromatic carbocycles. The van der Waals surface area contributed by atoms with Gasteiger partial charge in [-0.15, -0.1) is 0 Å². The monoisotopic (exact) mass is 385 g/mol. The van der Waals surface area contributed by atoms with E-state index in [-0.39, 0.29) is 17.3 Å². The van der Waals surface area contributed by atoms with Crippen molar-refractivity contribution in [2.45, 2.75) is 6.92 Å². The molecule has 0 saturated heterocycles. The zero-order chi connectivity index (χ0) is 19.2. The first-order chi connectivity index (χ1) is 13.1. The van der Waals surface area contributed by atoms with Gasteiger partial charge in [0.05, 0.1) is 17.2 Å². The third-order valence-corrected chi connectivity index (χ3v) is 3.80. The van der Waals surface area contributed by atoms with E-state index >= 15 is 0 Å². The number of para-hydroxylation sites is 2. The molecule has 0 bridgehead atoms. The third kappa shape index (κ3) is 4.42. The molecule has 3 aromatic rings. The molecule has 0 radical (unpaired) electrons. The van der Waals surface area contributed by atoms with E-state index in [1.807, 2.05) is 13.0 Å². The van der Waals surface area contributed by atoms with Crippen molar-refractivity contribution in [3.8, 4) is 5.75 Å². The molecule has 0 aliphatic heterocycles. The molecule has 0 unspecified atom stereocenters. The molecule has 0 aliphatic rings. The molecule has 0 spiro atoms. The predicted octanol–water partition coefficient (Wildman–Crippen LogP) is 4.92. The first-order valence-electron chi connectivity index (χ1n) is 8.09. The number of rotatable bonds is 7. The van der Waals surface area contributed by atoms with Crippen molar-refractivity contribution >= 4 is 40.3 Å². The van der Waals surface area contributed by atoms with E-state index in [9.17, 15) is 10.1 Å². The van der Waals surface area contributed by atoms with Crippen molar-refractivity contribution in [2.75, 3.05) is 17.2 Å². The Morgan fingerprint density at radius 3 is 2.41 bits per heavy atom. The highest BCUT2D eigenvalue weighted by atomic mass is 35.5. The van der Waals surface area contributed by atoms with E-state index in [0.717, 1.165) is 0 Å². The second-order valence-corrected chi connectivity index (χ2v) is 5.80. The number of nitrogens with zero attached hydrogens (tertiary/aromatic N) is 3. The highest BCUT2D eigenvalue weighted by Gasteiger charge is 2.24. The lowest BCUT2D eigenvalue weighted by molar-refractivity contribution is -0.383. The molecule has 2 N–H and O–H groups in total. The van der Waals surface area contributed by atoms with Gasteiger partial charge in [-0.05, 0) is 43.3 Å². The minimum atomic E-state index is -0.538. The minimum Gasteiger partial charge on any atom is -0.492 e. The Balaban J connectivity index is 1.97. The lowest BCUT2D eigenvalue weighted by Crippen LogP contribution is -2.06. The summed E-state index contributed by atoms with van der Waals surface area (Å²) in [6.07, 6.45) is 1.25. The molecule has 0 fully saturated rings.